The van der Waals surface area contributed by atoms with E-state index >= 15 is 0 Å². The second-order valence-corrected chi connectivity index (χ2v) is 17.9. The molecule has 6 nitrogen and oxygen atoms in total. The van der Waals surface area contributed by atoms with Crippen molar-refractivity contribution in [3.63, 3.8) is 0 Å². The summed E-state index contributed by atoms with van der Waals surface area (Å²) < 4.78 is 5.93. The Hall–Kier alpha value is -2.44. The molecular formula is C56H101NO5. The van der Waals surface area contributed by atoms with Gasteiger partial charge in [-0.3, -0.25) is 9.59 Å². The van der Waals surface area contributed by atoms with Crippen LogP contribution >= 0.6 is 0 Å². The number of esters is 1. The molecule has 0 fully saturated rings. The van der Waals surface area contributed by atoms with E-state index in [1.54, 1.807) is 0 Å². The average Bonchev–Trinajstić information content (AvgIpc) is 3.26. The van der Waals surface area contributed by atoms with E-state index in [4.69, 9.17) is 4.74 Å². The Bertz CT molecular complexity index is 1110. The van der Waals surface area contributed by atoms with Crippen molar-refractivity contribution in [2.75, 3.05) is 6.61 Å². The smallest absolute Gasteiger partial charge is 0.306 e. The molecule has 0 aromatic heterocycles. The summed E-state index contributed by atoms with van der Waals surface area (Å²) >= 11 is 0. The number of nitrogens with one attached hydrogen (secondary N) is 1. The third kappa shape index (κ3) is 44.2. The molecule has 0 rings (SSSR count). The first-order chi connectivity index (χ1) is 30.5. The number of aliphatic hydroxyl groups excluding tert-OH is 2. The number of rotatable bonds is 47. The van der Waals surface area contributed by atoms with E-state index in [1.165, 1.54) is 122 Å². The fourth-order valence-electron chi connectivity index (χ4n) is 7.87. The maximum Gasteiger partial charge on any atom is 0.306 e. The number of hydrogen-bond acceptors (Lipinski definition) is 5. The van der Waals surface area contributed by atoms with Crippen LogP contribution in [0.1, 0.15) is 258 Å². The molecule has 0 aliphatic rings. The van der Waals surface area contributed by atoms with Crippen molar-refractivity contribution in [2.24, 2.45) is 0 Å². The molecule has 0 radical (unpaired) electrons. The lowest BCUT2D eigenvalue weighted by Crippen LogP contribution is -2.46. The number of amides is 1. The average molecular weight is 868 g/mol. The van der Waals surface area contributed by atoms with E-state index in [2.05, 4.69) is 86.8 Å². The molecule has 0 aromatic carbocycles. The molecule has 0 aliphatic heterocycles. The predicted molar refractivity (Wildman–Crippen MR) is 268 cm³/mol. The minimum absolute atomic E-state index is 0.0652. The van der Waals surface area contributed by atoms with Gasteiger partial charge in [0.1, 0.15) is 6.10 Å². The second-order valence-electron chi connectivity index (χ2n) is 17.9. The Balaban J connectivity index is 4.61. The topological polar surface area (TPSA) is 95.9 Å². The van der Waals surface area contributed by atoms with Crippen molar-refractivity contribution in [1.29, 1.82) is 0 Å². The lowest BCUT2D eigenvalue weighted by Gasteiger charge is -2.24. The van der Waals surface area contributed by atoms with Crippen LogP contribution in [0.3, 0.4) is 0 Å². The van der Waals surface area contributed by atoms with Crippen LogP contribution in [-0.4, -0.2) is 46.9 Å². The highest BCUT2D eigenvalue weighted by Crippen LogP contribution is 2.18. The molecule has 0 saturated carbocycles. The van der Waals surface area contributed by atoms with Crippen molar-refractivity contribution in [2.45, 2.75) is 277 Å². The zero-order valence-electron chi connectivity index (χ0n) is 41.0. The number of aliphatic hydroxyl groups is 2. The van der Waals surface area contributed by atoms with Crippen LogP contribution in [0, 0.1) is 0 Å². The summed E-state index contributed by atoms with van der Waals surface area (Å²) in [5.74, 6) is -0.505. The van der Waals surface area contributed by atoms with E-state index in [0.29, 0.717) is 19.3 Å². The minimum Gasteiger partial charge on any atom is -0.462 e. The van der Waals surface area contributed by atoms with E-state index < -0.39 is 18.2 Å². The molecular weight excluding hydrogens is 767 g/mol. The fourth-order valence-corrected chi connectivity index (χ4v) is 7.87. The van der Waals surface area contributed by atoms with Crippen molar-refractivity contribution in [3.8, 4) is 0 Å². The van der Waals surface area contributed by atoms with E-state index in [0.717, 1.165) is 89.9 Å². The van der Waals surface area contributed by atoms with Gasteiger partial charge in [-0.05, 0) is 70.6 Å². The highest BCUT2D eigenvalue weighted by atomic mass is 16.5. The van der Waals surface area contributed by atoms with Crippen LogP contribution in [0.25, 0.3) is 0 Å². The summed E-state index contributed by atoms with van der Waals surface area (Å²) in [4.78, 5) is 26.2. The third-order valence-corrected chi connectivity index (χ3v) is 11.9. The summed E-state index contributed by atoms with van der Waals surface area (Å²) in [7, 11) is 0. The zero-order valence-corrected chi connectivity index (χ0v) is 41.0. The Morgan fingerprint density at radius 2 is 0.871 bits per heavy atom. The molecule has 3 atom stereocenters. The quantitative estimate of drug-likeness (QED) is 0.0322. The molecule has 0 heterocycles. The summed E-state index contributed by atoms with van der Waals surface area (Å²) in [5, 5.41) is 23.7. The van der Waals surface area contributed by atoms with Gasteiger partial charge in [-0.2, -0.15) is 0 Å². The summed E-state index contributed by atoms with van der Waals surface area (Å²) in [5.41, 5.74) is 0. The Kier molecular flexibility index (Phi) is 47.6. The highest BCUT2D eigenvalue weighted by molar-refractivity contribution is 5.77. The number of unbranched alkanes of at least 4 members (excludes halogenated alkanes) is 25. The van der Waals surface area contributed by atoms with Crippen LogP contribution in [-0.2, 0) is 14.3 Å². The van der Waals surface area contributed by atoms with Gasteiger partial charge < -0.3 is 20.3 Å². The Labute approximate surface area is 384 Å². The van der Waals surface area contributed by atoms with Crippen molar-refractivity contribution in [1.82, 2.24) is 5.32 Å². The van der Waals surface area contributed by atoms with Gasteiger partial charge in [0.05, 0.1) is 25.2 Å². The molecule has 0 aliphatic carbocycles. The number of carbonyl (C=O) groups excluding carboxylic acids is 2. The predicted octanol–water partition coefficient (Wildman–Crippen LogP) is 16.0. The van der Waals surface area contributed by atoms with E-state index in [9.17, 15) is 19.8 Å². The van der Waals surface area contributed by atoms with E-state index in [1.807, 2.05) is 0 Å². The normalized spacial score (nSPS) is 13.7. The minimum atomic E-state index is -0.792. The molecule has 0 bridgehead atoms. The summed E-state index contributed by atoms with van der Waals surface area (Å²) in [6.45, 7) is 6.36. The molecule has 0 spiro atoms. The first-order valence-corrected chi connectivity index (χ1v) is 26.5. The standard InChI is InChI=1S/C56H101NO5/c1-4-7-10-13-16-19-22-24-26-27-28-29-30-32-34-37-40-43-46-49-56(61)62-52(47-44-41-38-35-33-31-25-23-20-17-14-11-8-5-2)50-55(60)57-53(51-58)54(59)48-45-42-39-36-21-18-15-12-9-6-3/h7,10,16,19,24,26,28-29,32,34,52-54,58-59H,4-6,8-9,11-15,17-18,20-23,25,27,30-31,33,35-51H2,1-3H3,(H,57,60)/b10-7-,19-16-,26-24-,29-28-,34-32-. The van der Waals surface area contributed by atoms with Crippen molar-refractivity contribution in [3.05, 3.63) is 60.8 Å². The molecule has 62 heavy (non-hydrogen) atoms. The fraction of sp³-hybridized carbons (Fsp3) is 0.786. The molecule has 0 saturated heterocycles. The first kappa shape index (κ1) is 59.6. The van der Waals surface area contributed by atoms with Gasteiger partial charge in [0.2, 0.25) is 5.91 Å². The van der Waals surface area contributed by atoms with Gasteiger partial charge in [0.15, 0.2) is 0 Å². The summed E-state index contributed by atoms with van der Waals surface area (Å²) in [6.07, 6.45) is 61.4. The van der Waals surface area contributed by atoms with Crippen molar-refractivity contribution >= 4 is 11.9 Å². The highest BCUT2D eigenvalue weighted by Gasteiger charge is 2.24. The number of hydrogen-bond donors (Lipinski definition) is 3. The molecule has 3 unspecified atom stereocenters. The monoisotopic (exact) mass is 868 g/mol. The van der Waals surface area contributed by atoms with Gasteiger partial charge in [-0.15, -0.1) is 0 Å². The lowest BCUT2D eigenvalue weighted by molar-refractivity contribution is -0.151. The molecule has 1 amide bonds. The van der Waals surface area contributed by atoms with Crippen LogP contribution < -0.4 is 5.32 Å². The van der Waals surface area contributed by atoms with Crippen LogP contribution in [0.15, 0.2) is 60.8 Å². The summed E-state index contributed by atoms with van der Waals surface area (Å²) in [6, 6.07) is -0.707. The van der Waals surface area contributed by atoms with Crippen LogP contribution in [0.4, 0.5) is 0 Å². The van der Waals surface area contributed by atoms with Gasteiger partial charge in [-0.1, -0.05) is 236 Å². The van der Waals surface area contributed by atoms with Gasteiger partial charge in [-0.25, -0.2) is 0 Å². The SMILES string of the molecule is CC/C=C\C/C=C\C/C=C\C/C=C\C/C=C\CCCCCC(=O)OC(CCCCCCCCCCCCCCCC)CC(=O)NC(CO)C(O)CCCCCCCCCCCC. The van der Waals surface area contributed by atoms with Crippen LogP contribution in [0.5, 0.6) is 0 Å². The Morgan fingerprint density at radius 3 is 1.31 bits per heavy atom. The zero-order chi connectivity index (χ0) is 45.2. The lowest BCUT2D eigenvalue weighted by atomic mass is 10.0. The van der Waals surface area contributed by atoms with Crippen LogP contribution in [0.2, 0.25) is 0 Å². The molecule has 3 N–H and O–H groups in total. The van der Waals surface area contributed by atoms with Gasteiger partial charge >= 0.3 is 5.97 Å². The number of allylic oxidation sites excluding steroid dienone is 10. The third-order valence-electron chi connectivity index (χ3n) is 11.9. The molecule has 6 heteroatoms. The maximum absolute atomic E-state index is 13.2. The second kappa shape index (κ2) is 49.6. The Morgan fingerprint density at radius 1 is 0.484 bits per heavy atom. The largest absolute Gasteiger partial charge is 0.462 e. The van der Waals surface area contributed by atoms with Gasteiger partial charge in [0.25, 0.3) is 0 Å². The molecule has 0 aromatic rings. The molecule has 360 valence electrons. The first-order valence-electron chi connectivity index (χ1n) is 26.5. The maximum atomic E-state index is 13.2. The number of carbonyl (C=O) groups is 2. The van der Waals surface area contributed by atoms with E-state index in [-0.39, 0.29) is 24.9 Å². The van der Waals surface area contributed by atoms with Crippen molar-refractivity contribution < 1.29 is 24.5 Å². The number of ether oxygens (including phenoxy) is 1. The van der Waals surface area contributed by atoms with Gasteiger partial charge in [0, 0.05) is 6.42 Å².